The Hall–Kier alpha value is -3.33. The molecule has 30 heavy (non-hydrogen) atoms. The van der Waals surface area contributed by atoms with Gasteiger partial charge in [-0.15, -0.1) is 0 Å². The lowest BCUT2D eigenvalue weighted by molar-refractivity contribution is -0.133. The standard InChI is InChI=1S/C24H27N3O3/c25-14-15-26-23(28)22(16-18-8-3-1-4-9-18)24(29)27-19-10-7-13-21(17-19)30-20-11-5-2-6-12-20/h2,5-7,10-13,17-18,22H,1,3-4,8-9,15-16H2,(H,26,28)(H,27,29). The molecule has 0 aliphatic heterocycles. The van der Waals surface area contributed by atoms with Gasteiger partial charge in [-0.1, -0.05) is 56.4 Å². The third-order valence-electron chi connectivity index (χ3n) is 5.35. The van der Waals surface area contributed by atoms with E-state index >= 15 is 0 Å². The Morgan fingerprint density at radius 1 is 1.00 bits per heavy atom. The lowest BCUT2D eigenvalue weighted by Crippen LogP contribution is -2.39. The molecule has 1 unspecified atom stereocenters. The number of hydrogen-bond donors (Lipinski definition) is 2. The highest BCUT2D eigenvalue weighted by Crippen LogP contribution is 2.30. The maximum absolute atomic E-state index is 13.0. The second-order valence-corrected chi connectivity index (χ2v) is 7.60. The fourth-order valence-corrected chi connectivity index (χ4v) is 3.83. The van der Waals surface area contributed by atoms with Gasteiger partial charge >= 0.3 is 0 Å². The largest absolute Gasteiger partial charge is 0.457 e. The molecule has 2 amide bonds. The molecule has 0 heterocycles. The molecule has 156 valence electrons. The third-order valence-corrected chi connectivity index (χ3v) is 5.35. The number of ether oxygens (including phenoxy) is 1. The molecule has 1 aliphatic rings. The maximum Gasteiger partial charge on any atom is 0.236 e. The zero-order valence-corrected chi connectivity index (χ0v) is 17.0. The fourth-order valence-electron chi connectivity index (χ4n) is 3.83. The van der Waals surface area contributed by atoms with Crippen LogP contribution in [0.4, 0.5) is 5.69 Å². The topological polar surface area (TPSA) is 91.2 Å². The van der Waals surface area contributed by atoms with Crippen molar-refractivity contribution in [3.05, 3.63) is 54.6 Å². The van der Waals surface area contributed by atoms with Crippen LogP contribution in [-0.2, 0) is 9.59 Å². The molecular weight excluding hydrogens is 378 g/mol. The van der Waals surface area contributed by atoms with Crippen LogP contribution in [0.5, 0.6) is 11.5 Å². The molecule has 0 aromatic heterocycles. The van der Waals surface area contributed by atoms with Crippen molar-refractivity contribution >= 4 is 17.5 Å². The molecule has 0 bridgehead atoms. The number of amides is 2. The number of anilines is 1. The number of benzene rings is 2. The monoisotopic (exact) mass is 405 g/mol. The Kier molecular flexibility index (Phi) is 7.85. The van der Waals surface area contributed by atoms with Gasteiger partial charge in [-0.3, -0.25) is 9.59 Å². The molecule has 1 fully saturated rings. The Morgan fingerprint density at radius 3 is 2.47 bits per heavy atom. The van der Waals surface area contributed by atoms with Crippen LogP contribution in [0.3, 0.4) is 0 Å². The number of para-hydroxylation sites is 1. The summed E-state index contributed by atoms with van der Waals surface area (Å²) in [6.45, 7) is -0.103. The average Bonchev–Trinajstić information content (AvgIpc) is 2.77. The summed E-state index contributed by atoms with van der Waals surface area (Å²) < 4.78 is 5.82. The zero-order valence-electron chi connectivity index (χ0n) is 17.0. The van der Waals surface area contributed by atoms with E-state index in [4.69, 9.17) is 10.00 Å². The second-order valence-electron chi connectivity index (χ2n) is 7.60. The smallest absolute Gasteiger partial charge is 0.236 e. The summed E-state index contributed by atoms with van der Waals surface area (Å²) in [5, 5.41) is 14.2. The number of nitrogens with zero attached hydrogens (tertiary/aromatic N) is 1. The molecule has 6 heteroatoms. The van der Waals surface area contributed by atoms with Gasteiger partial charge in [-0.05, 0) is 36.6 Å². The molecule has 1 saturated carbocycles. The van der Waals surface area contributed by atoms with Crippen molar-refractivity contribution in [3.63, 3.8) is 0 Å². The minimum absolute atomic E-state index is 0.103. The van der Waals surface area contributed by atoms with Crippen LogP contribution in [0.1, 0.15) is 38.5 Å². The first-order valence-electron chi connectivity index (χ1n) is 10.4. The van der Waals surface area contributed by atoms with Crippen molar-refractivity contribution < 1.29 is 14.3 Å². The van der Waals surface area contributed by atoms with E-state index in [9.17, 15) is 9.59 Å². The van der Waals surface area contributed by atoms with Crippen molar-refractivity contribution in [1.82, 2.24) is 5.32 Å². The molecule has 0 spiro atoms. The van der Waals surface area contributed by atoms with Gasteiger partial charge in [0.05, 0.1) is 6.07 Å². The first-order valence-corrected chi connectivity index (χ1v) is 10.4. The van der Waals surface area contributed by atoms with E-state index in [1.165, 1.54) is 6.42 Å². The molecule has 1 aliphatic carbocycles. The molecule has 0 radical (unpaired) electrons. The van der Waals surface area contributed by atoms with E-state index in [1.54, 1.807) is 18.2 Å². The predicted molar refractivity (Wildman–Crippen MR) is 115 cm³/mol. The van der Waals surface area contributed by atoms with Gasteiger partial charge in [-0.2, -0.15) is 5.26 Å². The lowest BCUT2D eigenvalue weighted by Gasteiger charge is -2.25. The molecule has 3 rings (SSSR count). The van der Waals surface area contributed by atoms with Crippen LogP contribution >= 0.6 is 0 Å². The van der Waals surface area contributed by atoms with Gasteiger partial charge in [0.15, 0.2) is 0 Å². The van der Waals surface area contributed by atoms with E-state index in [2.05, 4.69) is 10.6 Å². The number of carbonyl (C=O) groups excluding carboxylic acids is 2. The fraction of sp³-hybridized carbons (Fsp3) is 0.375. The summed E-state index contributed by atoms with van der Waals surface area (Å²) in [5.41, 5.74) is 0.565. The molecular formula is C24H27N3O3. The van der Waals surface area contributed by atoms with Gasteiger partial charge in [0.2, 0.25) is 11.8 Å². The number of nitrogens with one attached hydrogen (secondary N) is 2. The van der Waals surface area contributed by atoms with Gasteiger partial charge in [0, 0.05) is 11.8 Å². The van der Waals surface area contributed by atoms with Crippen LogP contribution in [0.15, 0.2) is 54.6 Å². The van der Waals surface area contributed by atoms with Crippen LogP contribution in [0, 0.1) is 23.2 Å². The first kappa shape index (κ1) is 21.4. The van der Waals surface area contributed by atoms with Crippen molar-refractivity contribution in [3.8, 4) is 17.6 Å². The second kappa shape index (κ2) is 11.0. The number of hydrogen-bond acceptors (Lipinski definition) is 4. The molecule has 2 N–H and O–H groups in total. The highest BCUT2D eigenvalue weighted by atomic mass is 16.5. The molecule has 1 atom stereocenters. The molecule has 2 aromatic carbocycles. The van der Waals surface area contributed by atoms with E-state index in [-0.39, 0.29) is 12.5 Å². The van der Waals surface area contributed by atoms with E-state index in [0.717, 1.165) is 25.7 Å². The normalized spacial score (nSPS) is 14.9. The van der Waals surface area contributed by atoms with E-state index in [0.29, 0.717) is 29.5 Å². The van der Waals surface area contributed by atoms with Crippen molar-refractivity contribution in [2.75, 3.05) is 11.9 Å². The van der Waals surface area contributed by atoms with Crippen LogP contribution in [0.25, 0.3) is 0 Å². The number of carbonyl (C=O) groups is 2. The molecule has 6 nitrogen and oxygen atoms in total. The number of rotatable bonds is 8. The van der Waals surface area contributed by atoms with Crippen molar-refractivity contribution in [1.29, 1.82) is 5.26 Å². The highest BCUT2D eigenvalue weighted by Gasteiger charge is 2.30. The third kappa shape index (κ3) is 6.35. The van der Waals surface area contributed by atoms with Gasteiger partial charge in [0.1, 0.15) is 24.0 Å². The maximum atomic E-state index is 13.0. The molecule has 2 aromatic rings. The summed E-state index contributed by atoms with van der Waals surface area (Å²) in [7, 11) is 0. The Balaban J connectivity index is 1.68. The van der Waals surface area contributed by atoms with Crippen LogP contribution in [-0.4, -0.2) is 18.4 Å². The lowest BCUT2D eigenvalue weighted by atomic mass is 9.82. The van der Waals surface area contributed by atoms with Gasteiger partial charge in [0.25, 0.3) is 0 Å². The summed E-state index contributed by atoms with van der Waals surface area (Å²) >= 11 is 0. The zero-order chi connectivity index (χ0) is 21.2. The van der Waals surface area contributed by atoms with Crippen molar-refractivity contribution in [2.45, 2.75) is 38.5 Å². The SMILES string of the molecule is N#CCNC(=O)C(CC1CCCCC1)C(=O)Nc1cccc(Oc2ccccc2)c1. The van der Waals surface area contributed by atoms with Gasteiger partial charge < -0.3 is 15.4 Å². The van der Waals surface area contributed by atoms with E-state index < -0.39 is 11.8 Å². The summed E-state index contributed by atoms with van der Waals surface area (Å²) in [4.78, 5) is 25.5. The summed E-state index contributed by atoms with van der Waals surface area (Å²) in [6, 6.07) is 18.4. The van der Waals surface area contributed by atoms with E-state index in [1.807, 2.05) is 42.5 Å². The predicted octanol–water partition coefficient (Wildman–Crippen LogP) is 4.64. The molecule has 0 saturated heterocycles. The Morgan fingerprint density at radius 2 is 1.73 bits per heavy atom. The van der Waals surface area contributed by atoms with Gasteiger partial charge in [-0.25, -0.2) is 0 Å². The summed E-state index contributed by atoms with van der Waals surface area (Å²) in [6.07, 6.45) is 6.06. The van der Waals surface area contributed by atoms with Crippen molar-refractivity contribution in [2.24, 2.45) is 11.8 Å². The average molecular weight is 405 g/mol. The summed E-state index contributed by atoms with van der Waals surface area (Å²) in [5.74, 6) is 0.0863. The minimum Gasteiger partial charge on any atom is -0.457 e. The quantitative estimate of drug-likeness (QED) is 0.494. The Bertz CT molecular complexity index is 886. The minimum atomic E-state index is -0.819. The first-order chi connectivity index (χ1) is 14.7. The van der Waals surface area contributed by atoms with Crippen LogP contribution < -0.4 is 15.4 Å². The Labute approximate surface area is 177 Å². The number of nitriles is 1. The van der Waals surface area contributed by atoms with Crippen LogP contribution in [0.2, 0.25) is 0 Å². The highest BCUT2D eigenvalue weighted by molar-refractivity contribution is 6.06.